The highest BCUT2D eigenvalue weighted by atomic mass is 32.2. The first-order valence-electron chi connectivity index (χ1n) is 11.7. The van der Waals surface area contributed by atoms with Crippen molar-refractivity contribution in [1.82, 2.24) is 9.55 Å². The average molecular weight is 447 g/mol. The van der Waals surface area contributed by atoms with Crippen molar-refractivity contribution in [2.75, 3.05) is 12.9 Å². The largest absolute Gasteiger partial charge is 0.497 e. The lowest BCUT2D eigenvalue weighted by Crippen LogP contribution is -2.40. The molecule has 32 heavy (non-hydrogen) atoms. The highest BCUT2D eigenvalue weighted by molar-refractivity contribution is 7.99. The molecule has 1 aromatic heterocycles. The van der Waals surface area contributed by atoms with Crippen LogP contribution in [0, 0.1) is 0 Å². The normalized spacial score (nSPS) is 16.1. The van der Waals surface area contributed by atoms with Gasteiger partial charge >= 0.3 is 0 Å². The standard InChI is InChI=1S/C27H30N2O2S/c1-3-4-17-32-26-28-24-22-10-6-5-9-19(22)18-27(15-7-8-16-27)23(24)25(30)29(26)20-11-13-21(31-2)14-12-20/h5-6,9-14H,3-4,7-8,15-18H2,1-2H3. The van der Waals surface area contributed by atoms with Crippen LogP contribution in [0.1, 0.15) is 56.6 Å². The molecular formula is C27H30N2O2S. The number of nitrogens with zero attached hydrogens (tertiary/aromatic N) is 2. The van der Waals surface area contributed by atoms with Gasteiger partial charge in [0.05, 0.1) is 24.1 Å². The number of thioether (sulfide) groups is 1. The molecule has 0 amide bonds. The third-order valence-corrected chi connectivity index (χ3v) is 8.03. The van der Waals surface area contributed by atoms with Crippen LogP contribution in [0.4, 0.5) is 0 Å². The summed E-state index contributed by atoms with van der Waals surface area (Å²) in [7, 11) is 1.66. The second-order valence-electron chi connectivity index (χ2n) is 8.98. The molecule has 0 unspecified atom stereocenters. The molecule has 5 heteroatoms. The van der Waals surface area contributed by atoms with Crippen LogP contribution in [0.15, 0.2) is 58.5 Å². The minimum atomic E-state index is -0.0887. The van der Waals surface area contributed by atoms with Gasteiger partial charge < -0.3 is 4.74 Å². The van der Waals surface area contributed by atoms with Gasteiger partial charge in [-0.15, -0.1) is 0 Å². The van der Waals surface area contributed by atoms with Gasteiger partial charge in [-0.1, -0.05) is 62.2 Å². The number of benzene rings is 2. The van der Waals surface area contributed by atoms with E-state index in [9.17, 15) is 4.79 Å². The Morgan fingerprint density at radius 3 is 2.56 bits per heavy atom. The molecule has 1 heterocycles. The third kappa shape index (κ3) is 3.57. The molecule has 1 spiro atoms. The zero-order valence-electron chi connectivity index (χ0n) is 18.9. The predicted octanol–water partition coefficient (Wildman–Crippen LogP) is 6.17. The molecule has 1 fully saturated rings. The first-order valence-corrected chi connectivity index (χ1v) is 12.7. The van der Waals surface area contributed by atoms with Crippen molar-refractivity contribution in [1.29, 1.82) is 0 Å². The minimum Gasteiger partial charge on any atom is -0.497 e. The summed E-state index contributed by atoms with van der Waals surface area (Å²) in [6, 6.07) is 16.3. The first kappa shape index (κ1) is 21.3. The molecule has 3 aromatic rings. The van der Waals surface area contributed by atoms with E-state index in [1.165, 1.54) is 18.4 Å². The summed E-state index contributed by atoms with van der Waals surface area (Å²) in [6.45, 7) is 2.19. The quantitative estimate of drug-likeness (QED) is 0.258. The molecule has 0 radical (unpaired) electrons. The minimum absolute atomic E-state index is 0.0887. The summed E-state index contributed by atoms with van der Waals surface area (Å²) in [6.07, 6.45) is 7.65. The molecule has 2 aliphatic carbocycles. The Morgan fingerprint density at radius 1 is 1.09 bits per heavy atom. The molecule has 0 aliphatic heterocycles. The van der Waals surface area contributed by atoms with E-state index >= 15 is 0 Å². The van der Waals surface area contributed by atoms with Crippen molar-refractivity contribution in [2.24, 2.45) is 0 Å². The fourth-order valence-electron chi connectivity index (χ4n) is 5.37. The highest BCUT2D eigenvalue weighted by Gasteiger charge is 2.44. The predicted molar refractivity (Wildman–Crippen MR) is 131 cm³/mol. The summed E-state index contributed by atoms with van der Waals surface area (Å²) < 4.78 is 7.20. The van der Waals surface area contributed by atoms with Crippen LogP contribution in [-0.2, 0) is 11.8 Å². The van der Waals surface area contributed by atoms with Crippen LogP contribution in [0.5, 0.6) is 5.75 Å². The molecule has 2 aliphatic rings. The molecular weight excluding hydrogens is 416 g/mol. The number of fused-ring (bicyclic) bond motifs is 4. The van der Waals surface area contributed by atoms with Gasteiger partial charge in [0, 0.05) is 16.7 Å². The smallest absolute Gasteiger partial charge is 0.263 e. The van der Waals surface area contributed by atoms with Crippen molar-refractivity contribution in [3.05, 3.63) is 70.0 Å². The molecule has 5 rings (SSSR count). The Kier molecular flexibility index (Phi) is 5.85. The second kappa shape index (κ2) is 8.78. The van der Waals surface area contributed by atoms with Crippen LogP contribution in [0.3, 0.4) is 0 Å². The lowest BCUT2D eigenvalue weighted by atomic mass is 9.68. The van der Waals surface area contributed by atoms with Gasteiger partial charge in [-0.3, -0.25) is 9.36 Å². The molecule has 4 nitrogen and oxygen atoms in total. The van der Waals surface area contributed by atoms with Gasteiger partial charge in [0.15, 0.2) is 5.16 Å². The summed E-state index contributed by atoms with van der Waals surface area (Å²) >= 11 is 1.69. The van der Waals surface area contributed by atoms with Gasteiger partial charge in [0.25, 0.3) is 5.56 Å². The van der Waals surface area contributed by atoms with Crippen LogP contribution in [-0.4, -0.2) is 22.4 Å². The van der Waals surface area contributed by atoms with Crippen molar-refractivity contribution in [2.45, 2.75) is 62.4 Å². The molecule has 0 saturated heterocycles. The lowest BCUT2D eigenvalue weighted by Gasteiger charge is -2.36. The number of hydrogen-bond acceptors (Lipinski definition) is 4. The summed E-state index contributed by atoms with van der Waals surface area (Å²) in [5.74, 6) is 1.74. The molecule has 2 aromatic carbocycles. The fraction of sp³-hybridized carbons (Fsp3) is 0.407. The van der Waals surface area contributed by atoms with Gasteiger partial charge in [0.1, 0.15) is 5.75 Å². The van der Waals surface area contributed by atoms with Gasteiger partial charge in [-0.25, -0.2) is 4.98 Å². The maximum atomic E-state index is 14.3. The number of methoxy groups -OCH3 is 1. The van der Waals surface area contributed by atoms with Crippen LogP contribution in [0.25, 0.3) is 16.9 Å². The van der Waals surface area contributed by atoms with Crippen molar-refractivity contribution in [3.63, 3.8) is 0 Å². The Labute approximate surface area is 194 Å². The van der Waals surface area contributed by atoms with E-state index in [4.69, 9.17) is 9.72 Å². The summed E-state index contributed by atoms with van der Waals surface area (Å²) in [5.41, 5.74) is 5.20. The van der Waals surface area contributed by atoms with E-state index in [1.807, 2.05) is 28.8 Å². The Hall–Kier alpha value is -2.53. The SMILES string of the molecule is CCCCSc1nc2c(c(=O)n1-c1ccc(OC)cc1)C1(CCCC1)Cc1ccccc1-2. The molecule has 0 N–H and O–H groups in total. The lowest BCUT2D eigenvalue weighted by molar-refractivity contribution is 0.414. The number of hydrogen-bond donors (Lipinski definition) is 0. The van der Waals surface area contributed by atoms with Crippen LogP contribution < -0.4 is 10.3 Å². The summed E-state index contributed by atoms with van der Waals surface area (Å²) in [5, 5.41) is 0.789. The van der Waals surface area contributed by atoms with Crippen molar-refractivity contribution < 1.29 is 4.74 Å². The van der Waals surface area contributed by atoms with E-state index in [0.717, 1.165) is 71.3 Å². The van der Waals surface area contributed by atoms with Gasteiger partial charge in [-0.05, 0) is 55.5 Å². The molecule has 0 atom stereocenters. The van der Waals surface area contributed by atoms with Gasteiger partial charge in [0.2, 0.25) is 0 Å². The number of ether oxygens (including phenoxy) is 1. The van der Waals surface area contributed by atoms with E-state index < -0.39 is 0 Å². The highest BCUT2D eigenvalue weighted by Crippen LogP contribution is 2.50. The van der Waals surface area contributed by atoms with E-state index in [1.54, 1.807) is 18.9 Å². The van der Waals surface area contributed by atoms with Crippen molar-refractivity contribution >= 4 is 11.8 Å². The molecule has 166 valence electrons. The number of rotatable bonds is 6. The van der Waals surface area contributed by atoms with Gasteiger partial charge in [-0.2, -0.15) is 0 Å². The number of aromatic nitrogens is 2. The van der Waals surface area contributed by atoms with E-state index in [2.05, 4.69) is 31.2 Å². The Balaban J connectivity index is 1.76. The maximum Gasteiger partial charge on any atom is 0.263 e. The average Bonchev–Trinajstić information content (AvgIpc) is 3.28. The Morgan fingerprint density at radius 2 is 1.84 bits per heavy atom. The van der Waals surface area contributed by atoms with Crippen molar-refractivity contribution in [3.8, 4) is 22.7 Å². The second-order valence-corrected chi connectivity index (χ2v) is 10.0. The first-order chi connectivity index (χ1) is 15.7. The fourth-order valence-corrected chi connectivity index (χ4v) is 6.46. The zero-order valence-corrected chi connectivity index (χ0v) is 19.7. The topological polar surface area (TPSA) is 44.1 Å². The van der Waals surface area contributed by atoms with Crippen LogP contribution in [0.2, 0.25) is 0 Å². The Bertz CT molecular complexity index is 1180. The maximum absolute atomic E-state index is 14.3. The third-order valence-electron chi connectivity index (χ3n) is 7.00. The zero-order chi connectivity index (χ0) is 22.1. The summed E-state index contributed by atoms with van der Waals surface area (Å²) in [4.78, 5) is 19.5. The van der Waals surface area contributed by atoms with E-state index in [0.29, 0.717) is 0 Å². The number of unbranched alkanes of at least 4 members (excludes halogenated alkanes) is 1. The van der Waals surface area contributed by atoms with E-state index in [-0.39, 0.29) is 11.0 Å². The van der Waals surface area contributed by atoms with Crippen LogP contribution >= 0.6 is 11.8 Å². The molecule has 0 bridgehead atoms. The molecule has 1 saturated carbocycles. The monoisotopic (exact) mass is 446 g/mol.